The van der Waals surface area contributed by atoms with Crippen molar-refractivity contribution in [3.05, 3.63) is 89.7 Å². The topological polar surface area (TPSA) is 85.2 Å². The molecule has 0 spiro atoms. The van der Waals surface area contributed by atoms with Crippen LogP contribution >= 0.6 is 0 Å². The Hall–Kier alpha value is -4.13. The highest BCUT2D eigenvalue weighted by Gasteiger charge is 2.20. The fourth-order valence-electron chi connectivity index (χ4n) is 3.69. The van der Waals surface area contributed by atoms with E-state index in [9.17, 15) is 9.59 Å². The number of carbonyl (C=O) groups excluding carboxylic acids is 2. The molecule has 3 aromatic carbocycles. The zero-order valence-corrected chi connectivity index (χ0v) is 18.8. The number of carbonyl (C=O) groups is 2. The van der Waals surface area contributed by atoms with Crippen LogP contribution in [-0.4, -0.2) is 28.5 Å². The number of methoxy groups -OCH3 is 1. The lowest BCUT2D eigenvalue weighted by atomic mass is 10.1. The molecule has 2 N–H and O–H groups in total. The van der Waals surface area contributed by atoms with Crippen molar-refractivity contribution in [3.63, 3.8) is 0 Å². The molecule has 168 valence electrons. The van der Waals surface area contributed by atoms with Crippen LogP contribution in [0.4, 0.5) is 5.69 Å². The van der Waals surface area contributed by atoms with Gasteiger partial charge in [0.25, 0.3) is 5.91 Å². The van der Waals surface area contributed by atoms with Gasteiger partial charge in [0.2, 0.25) is 5.91 Å². The average Bonchev–Trinajstić information content (AvgIpc) is 3.18. The summed E-state index contributed by atoms with van der Waals surface area (Å²) in [4.78, 5) is 30.3. The molecule has 1 atom stereocenters. The van der Waals surface area contributed by atoms with E-state index in [4.69, 9.17) is 9.72 Å². The molecule has 0 saturated heterocycles. The highest BCUT2D eigenvalue weighted by atomic mass is 16.5. The van der Waals surface area contributed by atoms with E-state index in [1.54, 1.807) is 31.4 Å². The largest absolute Gasteiger partial charge is 0.497 e. The van der Waals surface area contributed by atoms with Crippen molar-refractivity contribution in [2.75, 3.05) is 12.4 Å². The predicted octanol–water partition coefficient (Wildman–Crippen LogP) is 4.48. The number of para-hydroxylation sites is 2. The number of ether oxygens (including phenoxy) is 1. The molecule has 2 amide bonds. The summed E-state index contributed by atoms with van der Waals surface area (Å²) < 4.78 is 7.06. The van der Waals surface area contributed by atoms with Gasteiger partial charge in [-0.3, -0.25) is 9.59 Å². The van der Waals surface area contributed by atoms with E-state index in [1.165, 1.54) is 0 Å². The third-order valence-electron chi connectivity index (χ3n) is 5.39. The van der Waals surface area contributed by atoms with Gasteiger partial charge in [0.1, 0.15) is 18.1 Å². The second-order valence-electron chi connectivity index (χ2n) is 7.89. The molecule has 0 aliphatic heterocycles. The van der Waals surface area contributed by atoms with Gasteiger partial charge in [-0.1, -0.05) is 35.9 Å². The van der Waals surface area contributed by atoms with E-state index in [-0.39, 0.29) is 18.4 Å². The first-order chi connectivity index (χ1) is 15.9. The van der Waals surface area contributed by atoms with Crippen LogP contribution in [0.1, 0.15) is 34.7 Å². The summed E-state index contributed by atoms with van der Waals surface area (Å²) in [6.45, 7) is 3.89. The molecule has 0 bridgehead atoms. The SMILES string of the molecule is COc1cccc(NC(=O)Cn2c(C(C)NC(=O)c3ccc(C)cc3)nc3ccccc32)c1. The Kier molecular flexibility index (Phi) is 6.40. The number of hydrogen-bond acceptors (Lipinski definition) is 4. The number of nitrogens with one attached hydrogen (secondary N) is 2. The number of nitrogens with zero attached hydrogens (tertiary/aromatic N) is 2. The molecule has 1 unspecified atom stereocenters. The van der Waals surface area contributed by atoms with Gasteiger partial charge in [-0.2, -0.15) is 0 Å². The third-order valence-corrected chi connectivity index (χ3v) is 5.39. The summed E-state index contributed by atoms with van der Waals surface area (Å²) in [6.07, 6.45) is 0. The molecule has 1 heterocycles. The Morgan fingerprint density at radius 2 is 1.79 bits per heavy atom. The number of hydrogen-bond donors (Lipinski definition) is 2. The summed E-state index contributed by atoms with van der Waals surface area (Å²) >= 11 is 0. The number of fused-ring (bicyclic) bond motifs is 1. The monoisotopic (exact) mass is 442 g/mol. The van der Waals surface area contributed by atoms with Crippen molar-refractivity contribution in [1.82, 2.24) is 14.9 Å². The first-order valence-corrected chi connectivity index (χ1v) is 10.7. The second kappa shape index (κ2) is 9.56. The van der Waals surface area contributed by atoms with Gasteiger partial charge >= 0.3 is 0 Å². The Balaban J connectivity index is 1.57. The normalized spacial score (nSPS) is 11.7. The molecular formula is C26H26N4O3. The summed E-state index contributed by atoms with van der Waals surface area (Å²) in [5.74, 6) is 0.873. The van der Waals surface area contributed by atoms with E-state index in [2.05, 4.69) is 10.6 Å². The number of aromatic nitrogens is 2. The van der Waals surface area contributed by atoms with Gasteiger partial charge in [0.05, 0.1) is 24.2 Å². The number of rotatable bonds is 7. The second-order valence-corrected chi connectivity index (χ2v) is 7.89. The van der Waals surface area contributed by atoms with Gasteiger partial charge in [-0.15, -0.1) is 0 Å². The molecule has 0 saturated carbocycles. The molecule has 33 heavy (non-hydrogen) atoms. The molecule has 4 aromatic rings. The maximum atomic E-state index is 12.9. The number of benzene rings is 3. The van der Waals surface area contributed by atoms with Crippen molar-refractivity contribution in [2.24, 2.45) is 0 Å². The first kappa shape index (κ1) is 22.1. The van der Waals surface area contributed by atoms with Crippen LogP contribution < -0.4 is 15.4 Å². The summed E-state index contributed by atoms with van der Waals surface area (Å²) in [5.41, 5.74) is 3.89. The summed E-state index contributed by atoms with van der Waals surface area (Å²) in [6, 6.07) is 21.8. The van der Waals surface area contributed by atoms with E-state index in [0.29, 0.717) is 22.8 Å². The Morgan fingerprint density at radius 3 is 2.55 bits per heavy atom. The van der Waals surface area contributed by atoms with Crippen LogP contribution in [0.5, 0.6) is 5.75 Å². The van der Waals surface area contributed by atoms with Crippen LogP contribution in [0.25, 0.3) is 11.0 Å². The maximum Gasteiger partial charge on any atom is 0.251 e. The van der Waals surface area contributed by atoms with Crippen molar-refractivity contribution >= 4 is 28.5 Å². The van der Waals surface area contributed by atoms with E-state index < -0.39 is 6.04 Å². The molecule has 7 heteroatoms. The fourth-order valence-corrected chi connectivity index (χ4v) is 3.69. The lowest BCUT2D eigenvalue weighted by Crippen LogP contribution is -2.30. The van der Waals surface area contributed by atoms with Gasteiger partial charge in [-0.05, 0) is 50.2 Å². The quantitative estimate of drug-likeness (QED) is 0.442. The minimum atomic E-state index is -0.407. The molecule has 4 rings (SSSR count). The zero-order valence-electron chi connectivity index (χ0n) is 18.8. The Bertz CT molecular complexity index is 1290. The van der Waals surface area contributed by atoms with Crippen molar-refractivity contribution < 1.29 is 14.3 Å². The smallest absolute Gasteiger partial charge is 0.251 e. The number of aryl methyl sites for hydroxylation is 1. The van der Waals surface area contributed by atoms with Crippen molar-refractivity contribution in [3.8, 4) is 5.75 Å². The van der Waals surface area contributed by atoms with Crippen LogP contribution in [0.2, 0.25) is 0 Å². The molecule has 0 aliphatic rings. The summed E-state index contributed by atoms with van der Waals surface area (Å²) in [5, 5.41) is 5.90. The van der Waals surface area contributed by atoms with E-state index in [0.717, 1.165) is 16.6 Å². The fraction of sp³-hybridized carbons (Fsp3) is 0.192. The van der Waals surface area contributed by atoms with Crippen LogP contribution in [0.15, 0.2) is 72.8 Å². The molecular weight excluding hydrogens is 416 g/mol. The summed E-state index contributed by atoms with van der Waals surface area (Å²) in [7, 11) is 1.58. The van der Waals surface area contributed by atoms with Gasteiger partial charge in [0.15, 0.2) is 0 Å². The Morgan fingerprint density at radius 1 is 1.03 bits per heavy atom. The van der Waals surface area contributed by atoms with Crippen LogP contribution in [0, 0.1) is 6.92 Å². The van der Waals surface area contributed by atoms with E-state index >= 15 is 0 Å². The van der Waals surface area contributed by atoms with Gasteiger partial charge in [0, 0.05) is 17.3 Å². The molecule has 7 nitrogen and oxygen atoms in total. The average molecular weight is 443 g/mol. The predicted molar refractivity (Wildman–Crippen MR) is 128 cm³/mol. The number of anilines is 1. The Labute approximate surface area is 192 Å². The molecule has 0 radical (unpaired) electrons. The minimum absolute atomic E-state index is 0.0534. The molecule has 0 aliphatic carbocycles. The van der Waals surface area contributed by atoms with Crippen LogP contribution in [-0.2, 0) is 11.3 Å². The number of imidazole rings is 1. The maximum absolute atomic E-state index is 12.9. The van der Waals surface area contributed by atoms with Crippen LogP contribution in [0.3, 0.4) is 0 Å². The first-order valence-electron chi connectivity index (χ1n) is 10.7. The lowest BCUT2D eigenvalue weighted by molar-refractivity contribution is -0.116. The molecule has 1 aromatic heterocycles. The van der Waals surface area contributed by atoms with E-state index in [1.807, 2.05) is 66.9 Å². The molecule has 0 fully saturated rings. The van der Waals surface area contributed by atoms with Gasteiger partial charge in [-0.25, -0.2) is 4.98 Å². The zero-order chi connectivity index (χ0) is 23.4. The standard InChI is InChI=1S/C26H26N4O3/c1-17-11-13-19(14-12-17)26(32)27-18(2)25-29-22-9-4-5-10-23(22)30(25)16-24(31)28-20-7-6-8-21(15-20)33-3/h4-15,18H,16H2,1-3H3,(H,27,32)(H,28,31). The number of amides is 2. The van der Waals surface area contributed by atoms with Crippen molar-refractivity contribution in [1.29, 1.82) is 0 Å². The third kappa shape index (κ3) is 5.03. The minimum Gasteiger partial charge on any atom is -0.497 e. The van der Waals surface area contributed by atoms with Gasteiger partial charge < -0.3 is 19.9 Å². The van der Waals surface area contributed by atoms with Crippen molar-refractivity contribution in [2.45, 2.75) is 26.4 Å². The highest BCUT2D eigenvalue weighted by molar-refractivity contribution is 5.94. The lowest BCUT2D eigenvalue weighted by Gasteiger charge is -2.16. The highest BCUT2D eigenvalue weighted by Crippen LogP contribution is 2.22.